The Hall–Kier alpha value is -2.40. The van der Waals surface area contributed by atoms with Crippen LogP contribution in [-0.2, 0) is 16.6 Å². The van der Waals surface area contributed by atoms with Gasteiger partial charge in [0.15, 0.2) is 0 Å². The Balaban J connectivity index is 2.02. The fourth-order valence-corrected chi connectivity index (χ4v) is 2.93. The van der Waals surface area contributed by atoms with Crippen LogP contribution in [0.25, 0.3) is 0 Å². The lowest BCUT2D eigenvalue weighted by Crippen LogP contribution is -2.34. The zero-order valence-electron chi connectivity index (χ0n) is 14.3. The summed E-state index contributed by atoms with van der Waals surface area (Å²) < 4.78 is 22.8. The van der Waals surface area contributed by atoms with Gasteiger partial charge in [0, 0.05) is 19.1 Å². The first-order valence-electron chi connectivity index (χ1n) is 7.86. The first-order valence-corrected chi connectivity index (χ1v) is 9.41. The van der Waals surface area contributed by atoms with E-state index < -0.39 is 10.0 Å². The number of primary sulfonamides is 1. The summed E-state index contributed by atoms with van der Waals surface area (Å²) in [5.41, 5.74) is 2.08. The third-order valence-electron chi connectivity index (χ3n) is 4.06. The van der Waals surface area contributed by atoms with Gasteiger partial charge in [-0.1, -0.05) is 30.3 Å². The summed E-state index contributed by atoms with van der Waals surface area (Å²) in [5, 5.41) is 17.6. The van der Waals surface area contributed by atoms with Crippen molar-refractivity contribution < 1.29 is 8.42 Å². The smallest absolute Gasteiger partial charge is 0.238 e. The molecule has 0 saturated carbocycles. The minimum absolute atomic E-state index is 0.0659. The number of nitrogens with one attached hydrogen (secondary N) is 1. The summed E-state index contributed by atoms with van der Waals surface area (Å²) in [5.74, 6) is 0. The maximum Gasteiger partial charge on any atom is 0.238 e. The standard InChI is InChI=1S/C18H22N4O2S/c1-14(22(2)13-15-6-4-3-5-7-15)12-21-18-9-8-17(25(20,23)24)10-16(18)11-19/h3-10,14,21H,12-13H2,1-2H3,(H2,20,23,24). The lowest BCUT2D eigenvalue weighted by molar-refractivity contribution is 0.259. The first kappa shape index (κ1) is 18.9. The molecule has 3 N–H and O–H groups in total. The van der Waals surface area contributed by atoms with Gasteiger partial charge in [0.1, 0.15) is 6.07 Å². The third-order valence-corrected chi connectivity index (χ3v) is 4.97. The van der Waals surface area contributed by atoms with E-state index in [2.05, 4.69) is 29.3 Å². The summed E-state index contributed by atoms with van der Waals surface area (Å²) in [7, 11) is -1.78. The number of nitriles is 1. The average molecular weight is 358 g/mol. The van der Waals surface area contributed by atoms with Crippen LogP contribution in [0.5, 0.6) is 0 Å². The highest BCUT2D eigenvalue weighted by molar-refractivity contribution is 7.89. The van der Waals surface area contributed by atoms with E-state index in [0.29, 0.717) is 12.2 Å². The highest BCUT2D eigenvalue weighted by Gasteiger charge is 2.13. The minimum atomic E-state index is -3.82. The van der Waals surface area contributed by atoms with Crippen LogP contribution >= 0.6 is 0 Å². The van der Waals surface area contributed by atoms with Gasteiger partial charge in [-0.25, -0.2) is 13.6 Å². The van der Waals surface area contributed by atoms with E-state index >= 15 is 0 Å². The monoisotopic (exact) mass is 358 g/mol. The molecule has 0 aliphatic rings. The van der Waals surface area contributed by atoms with Gasteiger partial charge in [-0.3, -0.25) is 4.90 Å². The number of benzene rings is 2. The largest absolute Gasteiger partial charge is 0.382 e. The molecule has 0 saturated heterocycles. The lowest BCUT2D eigenvalue weighted by Gasteiger charge is -2.25. The number of sulfonamides is 1. The molecule has 2 rings (SSSR count). The second-order valence-corrected chi connectivity index (χ2v) is 7.56. The van der Waals surface area contributed by atoms with Crippen LogP contribution in [0, 0.1) is 11.3 Å². The van der Waals surface area contributed by atoms with Gasteiger partial charge in [-0.05, 0) is 37.7 Å². The van der Waals surface area contributed by atoms with Crippen molar-refractivity contribution in [2.24, 2.45) is 5.14 Å². The number of hydrogen-bond donors (Lipinski definition) is 2. The molecule has 0 radical (unpaired) electrons. The fraction of sp³-hybridized carbons (Fsp3) is 0.278. The Morgan fingerprint density at radius 3 is 2.52 bits per heavy atom. The molecule has 6 nitrogen and oxygen atoms in total. The first-order chi connectivity index (χ1) is 11.8. The maximum absolute atomic E-state index is 11.4. The Bertz CT molecular complexity index is 860. The van der Waals surface area contributed by atoms with Gasteiger partial charge in [0.25, 0.3) is 0 Å². The molecular weight excluding hydrogens is 336 g/mol. The number of nitrogens with zero attached hydrogens (tertiary/aromatic N) is 2. The molecule has 0 aliphatic carbocycles. The number of likely N-dealkylation sites (N-methyl/N-ethyl adjacent to an activating group) is 1. The van der Waals surface area contributed by atoms with Gasteiger partial charge in [0.2, 0.25) is 10.0 Å². The van der Waals surface area contributed by atoms with Crippen LogP contribution in [-0.4, -0.2) is 33.0 Å². The average Bonchev–Trinajstić information content (AvgIpc) is 2.59. The molecule has 1 atom stereocenters. The molecule has 0 spiro atoms. The second kappa shape index (κ2) is 8.12. The normalized spacial score (nSPS) is 12.6. The van der Waals surface area contributed by atoms with E-state index in [1.165, 1.54) is 17.7 Å². The fourth-order valence-electron chi connectivity index (χ4n) is 2.39. The highest BCUT2D eigenvalue weighted by atomic mass is 32.2. The zero-order chi connectivity index (χ0) is 18.4. The molecule has 0 aliphatic heterocycles. The van der Waals surface area contributed by atoms with E-state index in [0.717, 1.165) is 6.54 Å². The van der Waals surface area contributed by atoms with Crippen LogP contribution in [0.2, 0.25) is 0 Å². The SMILES string of the molecule is CC(CNc1ccc(S(N)(=O)=O)cc1C#N)N(C)Cc1ccccc1. The van der Waals surface area contributed by atoms with E-state index in [9.17, 15) is 13.7 Å². The van der Waals surface area contributed by atoms with Crippen LogP contribution in [0.1, 0.15) is 18.1 Å². The van der Waals surface area contributed by atoms with Gasteiger partial charge in [-0.15, -0.1) is 0 Å². The summed E-state index contributed by atoms with van der Waals surface area (Å²) in [6, 6.07) is 16.6. The van der Waals surface area contributed by atoms with Crippen molar-refractivity contribution in [2.45, 2.75) is 24.4 Å². The number of hydrogen-bond acceptors (Lipinski definition) is 5. The quantitative estimate of drug-likeness (QED) is 0.790. The van der Waals surface area contributed by atoms with E-state index in [1.807, 2.05) is 31.3 Å². The molecule has 2 aromatic carbocycles. The Labute approximate surface area is 148 Å². The van der Waals surface area contributed by atoms with Crippen LogP contribution in [0.15, 0.2) is 53.4 Å². The Kier molecular flexibility index (Phi) is 6.15. The minimum Gasteiger partial charge on any atom is -0.382 e. The Morgan fingerprint density at radius 1 is 1.24 bits per heavy atom. The molecule has 0 bridgehead atoms. The number of rotatable bonds is 7. The highest BCUT2D eigenvalue weighted by Crippen LogP contribution is 2.19. The topological polar surface area (TPSA) is 99.2 Å². The predicted molar refractivity (Wildman–Crippen MR) is 98.4 cm³/mol. The van der Waals surface area contributed by atoms with Crippen LogP contribution in [0.4, 0.5) is 5.69 Å². The van der Waals surface area contributed by atoms with Crippen LogP contribution < -0.4 is 10.5 Å². The van der Waals surface area contributed by atoms with Crippen molar-refractivity contribution >= 4 is 15.7 Å². The second-order valence-electron chi connectivity index (χ2n) is 5.99. The van der Waals surface area contributed by atoms with Crippen LogP contribution in [0.3, 0.4) is 0 Å². The van der Waals surface area contributed by atoms with Crippen molar-refractivity contribution in [3.8, 4) is 6.07 Å². The molecule has 2 aromatic rings. The van der Waals surface area contributed by atoms with Gasteiger partial charge < -0.3 is 5.32 Å². The summed E-state index contributed by atoms with van der Waals surface area (Å²) in [6.45, 7) is 3.52. The molecule has 0 aromatic heterocycles. The van der Waals surface area contributed by atoms with E-state index in [-0.39, 0.29) is 16.5 Å². The predicted octanol–water partition coefficient (Wildman–Crippen LogP) is 2.14. The zero-order valence-corrected chi connectivity index (χ0v) is 15.1. The molecule has 0 heterocycles. The summed E-state index contributed by atoms with van der Waals surface area (Å²) >= 11 is 0. The molecule has 7 heteroatoms. The summed E-state index contributed by atoms with van der Waals surface area (Å²) in [4.78, 5) is 2.14. The van der Waals surface area contributed by atoms with Crippen molar-refractivity contribution in [1.29, 1.82) is 5.26 Å². The van der Waals surface area contributed by atoms with Gasteiger partial charge in [0.05, 0.1) is 16.1 Å². The van der Waals surface area contributed by atoms with Gasteiger partial charge >= 0.3 is 0 Å². The molecule has 0 fully saturated rings. The number of nitrogens with two attached hydrogens (primary N) is 1. The van der Waals surface area contributed by atoms with Gasteiger partial charge in [-0.2, -0.15) is 5.26 Å². The van der Waals surface area contributed by atoms with E-state index in [4.69, 9.17) is 5.14 Å². The third kappa shape index (κ3) is 5.29. The molecule has 132 valence electrons. The van der Waals surface area contributed by atoms with Crippen molar-refractivity contribution in [1.82, 2.24) is 4.90 Å². The molecule has 25 heavy (non-hydrogen) atoms. The van der Waals surface area contributed by atoms with E-state index in [1.54, 1.807) is 6.07 Å². The van der Waals surface area contributed by atoms with Crippen molar-refractivity contribution in [3.05, 3.63) is 59.7 Å². The Morgan fingerprint density at radius 2 is 1.92 bits per heavy atom. The maximum atomic E-state index is 11.4. The molecule has 0 amide bonds. The molecule has 1 unspecified atom stereocenters. The molecular formula is C18H22N4O2S. The summed E-state index contributed by atoms with van der Waals surface area (Å²) in [6.07, 6.45) is 0. The van der Waals surface area contributed by atoms with Crippen molar-refractivity contribution in [2.75, 3.05) is 18.9 Å². The number of anilines is 1. The lowest BCUT2D eigenvalue weighted by atomic mass is 10.1. The van der Waals surface area contributed by atoms with Crippen molar-refractivity contribution in [3.63, 3.8) is 0 Å².